The van der Waals surface area contributed by atoms with Crippen LogP contribution in [0, 0.1) is 6.92 Å². The molecule has 1 heterocycles. The van der Waals surface area contributed by atoms with Crippen LogP contribution in [0.5, 0.6) is 0 Å². The zero-order valence-electron chi connectivity index (χ0n) is 13.3. The first kappa shape index (κ1) is 17.6. The van der Waals surface area contributed by atoms with Gasteiger partial charge in [0.2, 0.25) is 5.91 Å². The Morgan fingerprint density at radius 1 is 1.39 bits per heavy atom. The summed E-state index contributed by atoms with van der Waals surface area (Å²) in [6, 6.07) is 7.80. The number of aromatic nitrogens is 3. The normalized spacial score (nSPS) is 10.5. The van der Waals surface area contributed by atoms with Crippen molar-refractivity contribution < 1.29 is 4.79 Å². The van der Waals surface area contributed by atoms with Gasteiger partial charge in [0.25, 0.3) is 0 Å². The van der Waals surface area contributed by atoms with Crippen LogP contribution in [-0.4, -0.2) is 32.7 Å². The van der Waals surface area contributed by atoms with E-state index in [0.29, 0.717) is 18.7 Å². The van der Waals surface area contributed by atoms with Gasteiger partial charge in [0.15, 0.2) is 5.16 Å². The van der Waals surface area contributed by atoms with Crippen molar-refractivity contribution in [3.63, 3.8) is 0 Å². The Hall–Kier alpha value is -1.73. The molecule has 5 nitrogen and oxygen atoms in total. The molecule has 0 aliphatic heterocycles. The minimum atomic E-state index is 0.00510. The van der Waals surface area contributed by atoms with E-state index in [9.17, 15) is 4.79 Å². The van der Waals surface area contributed by atoms with Gasteiger partial charge in [0.1, 0.15) is 5.82 Å². The summed E-state index contributed by atoms with van der Waals surface area (Å²) in [5.74, 6) is 1.51. The lowest BCUT2D eigenvalue weighted by atomic mass is 10.3. The maximum Gasteiger partial charge on any atom is 0.225 e. The Bertz CT molecular complexity index is 684. The summed E-state index contributed by atoms with van der Waals surface area (Å²) >= 11 is 3.15. The van der Waals surface area contributed by atoms with Gasteiger partial charge in [-0.25, -0.2) is 0 Å². The zero-order chi connectivity index (χ0) is 16.7. The number of allylic oxidation sites excluding steroid dienone is 1. The van der Waals surface area contributed by atoms with Crippen molar-refractivity contribution in [2.45, 2.75) is 29.9 Å². The molecule has 7 heteroatoms. The van der Waals surface area contributed by atoms with Gasteiger partial charge < -0.3 is 9.88 Å². The van der Waals surface area contributed by atoms with Gasteiger partial charge in [-0.05, 0) is 25.3 Å². The van der Waals surface area contributed by atoms with Crippen LogP contribution in [0.3, 0.4) is 0 Å². The first-order valence-corrected chi connectivity index (χ1v) is 9.43. The van der Waals surface area contributed by atoms with Gasteiger partial charge in [0, 0.05) is 23.6 Å². The minimum absolute atomic E-state index is 0.00510. The molecule has 0 saturated carbocycles. The number of anilines is 1. The fourth-order valence-corrected chi connectivity index (χ4v) is 3.49. The van der Waals surface area contributed by atoms with Crippen molar-refractivity contribution in [2.75, 3.05) is 17.3 Å². The van der Waals surface area contributed by atoms with Crippen molar-refractivity contribution in [1.29, 1.82) is 0 Å². The highest BCUT2D eigenvalue weighted by molar-refractivity contribution is 7.99. The first-order chi connectivity index (χ1) is 11.2. The molecule has 0 fully saturated rings. The number of hydrogen-bond acceptors (Lipinski definition) is 5. The van der Waals surface area contributed by atoms with Crippen molar-refractivity contribution in [2.24, 2.45) is 0 Å². The van der Waals surface area contributed by atoms with Crippen LogP contribution < -0.4 is 5.32 Å². The lowest BCUT2D eigenvalue weighted by molar-refractivity contribution is -0.115. The smallest absolute Gasteiger partial charge is 0.225 e. The molecule has 0 saturated heterocycles. The SMILES string of the molecule is C=CCn1c(C)nnc1SCCC(=O)Nc1ccccc1SC. The van der Waals surface area contributed by atoms with Crippen LogP contribution >= 0.6 is 23.5 Å². The van der Waals surface area contributed by atoms with Crippen molar-refractivity contribution in [3.05, 3.63) is 42.7 Å². The van der Waals surface area contributed by atoms with Crippen LogP contribution in [0.4, 0.5) is 5.69 Å². The average molecular weight is 348 g/mol. The molecule has 0 bridgehead atoms. The standard InChI is InChI=1S/C16H20N4OS2/c1-4-10-20-12(2)18-19-16(20)23-11-9-15(21)17-13-7-5-6-8-14(13)22-3/h4-8H,1,9-11H2,2-3H3,(H,17,21). The summed E-state index contributed by atoms with van der Waals surface area (Å²) in [4.78, 5) is 13.2. The molecule has 23 heavy (non-hydrogen) atoms. The summed E-state index contributed by atoms with van der Waals surface area (Å²) < 4.78 is 1.98. The quantitative estimate of drug-likeness (QED) is 0.583. The van der Waals surface area contributed by atoms with Gasteiger partial charge in [-0.3, -0.25) is 4.79 Å². The molecular formula is C16H20N4OS2. The summed E-state index contributed by atoms with van der Waals surface area (Å²) in [7, 11) is 0. The van der Waals surface area contributed by atoms with E-state index in [1.807, 2.05) is 48.1 Å². The largest absolute Gasteiger partial charge is 0.325 e. The molecule has 1 aromatic carbocycles. The molecule has 0 unspecified atom stereocenters. The third-order valence-electron chi connectivity index (χ3n) is 3.15. The monoisotopic (exact) mass is 348 g/mol. The lowest BCUT2D eigenvalue weighted by Crippen LogP contribution is -2.13. The molecule has 0 spiro atoms. The molecule has 1 aromatic heterocycles. The molecule has 0 aliphatic rings. The predicted molar refractivity (Wildman–Crippen MR) is 97.1 cm³/mol. The fourth-order valence-electron chi connectivity index (χ4n) is 2.00. The molecule has 1 N–H and O–H groups in total. The molecule has 1 amide bonds. The number of amides is 1. The number of hydrogen-bond donors (Lipinski definition) is 1. The summed E-state index contributed by atoms with van der Waals surface area (Å²) in [5, 5.41) is 12.0. The third kappa shape index (κ3) is 4.87. The highest BCUT2D eigenvalue weighted by atomic mass is 32.2. The number of nitrogens with zero attached hydrogens (tertiary/aromatic N) is 3. The summed E-state index contributed by atoms with van der Waals surface area (Å²) in [5.41, 5.74) is 0.862. The maximum absolute atomic E-state index is 12.1. The van der Waals surface area contributed by atoms with Crippen LogP contribution in [-0.2, 0) is 11.3 Å². The second kappa shape index (κ2) is 8.79. The van der Waals surface area contributed by atoms with Crippen molar-refractivity contribution in [3.8, 4) is 0 Å². The molecule has 0 radical (unpaired) electrons. The molecule has 2 rings (SSSR count). The minimum Gasteiger partial charge on any atom is -0.325 e. The average Bonchev–Trinajstić information content (AvgIpc) is 2.89. The van der Waals surface area contributed by atoms with Crippen LogP contribution in [0.1, 0.15) is 12.2 Å². The summed E-state index contributed by atoms with van der Waals surface area (Å²) in [6.45, 7) is 6.32. The molecule has 0 aliphatic carbocycles. The van der Waals surface area contributed by atoms with Crippen LogP contribution in [0.2, 0.25) is 0 Å². The second-order valence-electron chi connectivity index (χ2n) is 4.78. The Morgan fingerprint density at radius 2 is 2.17 bits per heavy atom. The number of nitrogens with one attached hydrogen (secondary N) is 1. The zero-order valence-corrected chi connectivity index (χ0v) is 14.9. The van der Waals surface area contributed by atoms with Crippen molar-refractivity contribution in [1.82, 2.24) is 14.8 Å². The van der Waals surface area contributed by atoms with Crippen molar-refractivity contribution >= 4 is 35.1 Å². The summed E-state index contributed by atoms with van der Waals surface area (Å²) in [6.07, 6.45) is 4.23. The van der Waals surface area contributed by atoms with E-state index in [1.54, 1.807) is 11.8 Å². The van der Waals surface area contributed by atoms with Crippen LogP contribution in [0.15, 0.2) is 47.0 Å². The number of thioether (sulfide) groups is 2. The number of aryl methyl sites for hydroxylation is 1. The molecule has 0 atom stereocenters. The first-order valence-electron chi connectivity index (χ1n) is 7.22. The second-order valence-corrected chi connectivity index (χ2v) is 6.69. The van der Waals surface area contributed by atoms with Gasteiger partial charge in [-0.2, -0.15) is 0 Å². The molecular weight excluding hydrogens is 328 g/mol. The predicted octanol–water partition coefficient (Wildman–Crippen LogP) is 3.62. The van der Waals surface area contributed by atoms with Crippen LogP contribution in [0.25, 0.3) is 0 Å². The third-order valence-corrected chi connectivity index (χ3v) is 4.92. The number of benzene rings is 1. The van der Waals surface area contributed by atoms with Gasteiger partial charge in [-0.1, -0.05) is 30.0 Å². The van der Waals surface area contributed by atoms with Gasteiger partial charge in [-0.15, -0.1) is 28.5 Å². The van der Waals surface area contributed by atoms with E-state index in [4.69, 9.17) is 0 Å². The van der Waals surface area contributed by atoms with E-state index in [-0.39, 0.29) is 5.91 Å². The van der Waals surface area contributed by atoms with E-state index in [0.717, 1.165) is 21.6 Å². The van der Waals surface area contributed by atoms with Gasteiger partial charge in [0.05, 0.1) is 5.69 Å². The maximum atomic E-state index is 12.1. The number of carbonyl (C=O) groups is 1. The lowest BCUT2D eigenvalue weighted by Gasteiger charge is -2.09. The van der Waals surface area contributed by atoms with E-state index in [2.05, 4.69) is 22.1 Å². The number of carbonyl (C=O) groups excluding carboxylic acids is 1. The van der Waals surface area contributed by atoms with E-state index < -0.39 is 0 Å². The van der Waals surface area contributed by atoms with E-state index in [1.165, 1.54) is 11.8 Å². The van der Waals surface area contributed by atoms with E-state index >= 15 is 0 Å². The Labute approximate surface area is 145 Å². The molecule has 122 valence electrons. The number of para-hydroxylation sites is 1. The molecule has 2 aromatic rings. The topological polar surface area (TPSA) is 59.8 Å². The Balaban J connectivity index is 1.87. The Morgan fingerprint density at radius 3 is 2.91 bits per heavy atom. The van der Waals surface area contributed by atoms with Gasteiger partial charge >= 0.3 is 0 Å². The number of rotatable bonds is 8. The fraction of sp³-hybridized carbons (Fsp3) is 0.312. The highest BCUT2D eigenvalue weighted by Crippen LogP contribution is 2.25. The highest BCUT2D eigenvalue weighted by Gasteiger charge is 2.10. The Kier molecular flexibility index (Phi) is 6.73.